The van der Waals surface area contributed by atoms with Crippen molar-refractivity contribution in [3.8, 4) is 11.4 Å². The number of hydrogen-bond donors (Lipinski definition) is 1. The number of hydrogen-bond acceptors (Lipinski definition) is 5. The summed E-state index contributed by atoms with van der Waals surface area (Å²) >= 11 is 0. The van der Waals surface area contributed by atoms with Gasteiger partial charge in [-0.2, -0.15) is 10.2 Å². The van der Waals surface area contributed by atoms with E-state index in [1.54, 1.807) is 15.8 Å². The van der Waals surface area contributed by atoms with Gasteiger partial charge in [0.25, 0.3) is 0 Å². The van der Waals surface area contributed by atoms with Gasteiger partial charge in [0.1, 0.15) is 23.1 Å². The molecule has 0 bridgehead atoms. The van der Waals surface area contributed by atoms with Crippen molar-refractivity contribution in [3.63, 3.8) is 0 Å². The van der Waals surface area contributed by atoms with Crippen LogP contribution in [0.25, 0.3) is 11.4 Å². The first-order valence-corrected chi connectivity index (χ1v) is 9.98. The molecule has 2 aromatic heterocycles. The van der Waals surface area contributed by atoms with E-state index in [-0.39, 0.29) is 23.5 Å². The van der Waals surface area contributed by atoms with E-state index in [0.29, 0.717) is 25.3 Å². The third kappa shape index (κ3) is 4.57. The van der Waals surface area contributed by atoms with Crippen molar-refractivity contribution in [1.29, 1.82) is 0 Å². The fourth-order valence-electron chi connectivity index (χ4n) is 3.38. The molecule has 31 heavy (non-hydrogen) atoms. The molecule has 0 spiro atoms. The molecule has 0 unspecified atom stereocenters. The van der Waals surface area contributed by atoms with Crippen molar-refractivity contribution < 1.29 is 18.3 Å². The summed E-state index contributed by atoms with van der Waals surface area (Å²) in [6.07, 6.45) is 1.77. The highest BCUT2D eigenvalue weighted by Crippen LogP contribution is 2.28. The summed E-state index contributed by atoms with van der Waals surface area (Å²) in [5, 5.41) is 11.4. The Kier molecular flexibility index (Phi) is 5.24. The zero-order valence-corrected chi connectivity index (χ0v) is 17.8. The quantitative estimate of drug-likeness (QED) is 0.683. The van der Waals surface area contributed by atoms with Gasteiger partial charge in [0.05, 0.1) is 12.2 Å². The number of aromatic nitrogens is 5. The highest BCUT2D eigenvalue weighted by Gasteiger charge is 2.37. The summed E-state index contributed by atoms with van der Waals surface area (Å²) in [6, 6.07) is 3.09. The fourth-order valence-corrected chi connectivity index (χ4v) is 3.38. The van der Waals surface area contributed by atoms with Crippen LogP contribution in [0.4, 0.5) is 13.6 Å². The van der Waals surface area contributed by atoms with Gasteiger partial charge in [0, 0.05) is 42.4 Å². The number of likely N-dealkylation sites (tertiary alicyclic amines) is 1. The van der Waals surface area contributed by atoms with E-state index in [0.717, 1.165) is 17.3 Å². The van der Waals surface area contributed by atoms with Gasteiger partial charge in [-0.1, -0.05) is 0 Å². The minimum atomic E-state index is -0.696. The van der Waals surface area contributed by atoms with Crippen LogP contribution in [0.15, 0.2) is 24.4 Å². The van der Waals surface area contributed by atoms with Gasteiger partial charge in [0.15, 0.2) is 5.82 Å². The van der Waals surface area contributed by atoms with Gasteiger partial charge in [-0.15, -0.1) is 0 Å². The van der Waals surface area contributed by atoms with Crippen LogP contribution in [0, 0.1) is 18.6 Å². The second kappa shape index (κ2) is 7.75. The molecule has 10 heteroatoms. The number of carbonyl (C=O) groups is 1. The summed E-state index contributed by atoms with van der Waals surface area (Å²) in [7, 11) is 0. The minimum Gasteiger partial charge on any atom is -0.444 e. The van der Waals surface area contributed by atoms with Gasteiger partial charge >= 0.3 is 6.09 Å². The lowest BCUT2D eigenvalue weighted by molar-refractivity contribution is -0.000766. The number of aryl methyl sites for hydroxylation is 1. The first-order chi connectivity index (χ1) is 14.6. The predicted molar refractivity (Wildman–Crippen MR) is 108 cm³/mol. The van der Waals surface area contributed by atoms with Crippen molar-refractivity contribution in [1.82, 2.24) is 29.9 Å². The maximum absolute atomic E-state index is 13.7. The molecule has 1 amide bonds. The topological polar surface area (TPSA) is 88.9 Å². The Morgan fingerprint density at radius 2 is 1.90 bits per heavy atom. The molecule has 4 rings (SSSR count). The number of halogens is 2. The molecule has 1 aliphatic rings. The first-order valence-electron chi connectivity index (χ1n) is 9.98. The smallest absolute Gasteiger partial charge is 0.410 e. The molecule has 0 radical (unpaired) electrons. The van der Waals surface area contributed by atoms with Gasteiger partial charge in [-0.25, -0.2) is 23.2 Å². The number of nitrogens with zero attached hydrogens (tertiary/aromatic N) is 5. The van der Waals surface area contributed by atoms with Crippen LogP contribution in [0.1, 0.15) is 43.9 Å². The van der Waals surface area contributed by atoms with Crippen LogP contribution >= 0.6 is 0 Å². The van der Waals surface area contributed by atoms with Crippen molar-refractivity contribution in [2.24, 2.45) is 0 Å². The normalized spacial score (nSPS) is 14.6. The van der Waals surface area contributed by atoms with E-state index in [2.05, 4.69) is 20.3 Å². The van der Waals surface area contributed by atoms with Crippen LogP contribution < -0.4 is 0 Å². The van der Waals surface area contributed by atoms with Gasteiger partial charge in [-0.05, 0) is 39.8 Å². The maximum Gasteiger partial charge on any atom is 0.410 e. The number of H-pyrrole nitrogens is 1. The molecule has 1 aromatic carbocycles. The molecule has 3 heterocycles. The van der Waals surface area contributed by atoms with Crippen molar-refractivity contribution in [2.45, 2.75) is 45.8 Å². The Bertz CT molecular complexity index is 1090. The van der Waals surface area contributed by atoms with E-state index in [9.17, 15) is 13.6 Å². The Labute approximate surface area is 178 Å². The highest BCUT2D eigenvalue weighted by atomic mass is 19.1. The molecule has 164 valence electrons. The van der Waals surface area contributed by atoms with Crippen LogP contribution in [-0.2, 0) is 11.2 Å². The third-order valence-electron chi connectivity index (χ3n) is 4.97. The van der Waals surface area contributed by atoms with Crippen molar-refractivity contribution in [2.75, 3.05) is 13.1 Å². The van der Waals surface area contributed by atoms with Crippen molar-refractivity contribution in [3.05, 3.63) is 53.1 Å². The standard InChI is InChI=1S/C21H24F2N6O2/c1-12-14(9-24-26-12)7-18-25-19(13-5-15(22)8-16(23)6-13)27-29(18)17-10-28(11-17)20(30)31-21(2,3)4/h5-6,8-9,17H,7,10-11H2,1-4H3,(H,24,26). The van der Waals surface area contributed by atoms with E-state index in [4.69, 9.17) is 4.74 Å². The van der Waals surface area contributed by atoms with E-state index < -0.39 is 17.2 Å². The second-order valence-corrected chi connectivity index (χ2v) is 8.69. The monoisotopic (exact) mass is 430 g/mol. The molecule has 0 atom stereocenters. The number of carbonyl (C=O) groups excluding carboxylic acids is 1. The van der Waals surface area contributed by atoms with Gasteiger partial charge in [0.2, 0.25) is 0 Å². The number of rotatable bonds is 4. The summed E-state index contributed by atoms with van der Waals surface area (Å²) in [5.74, 6) is -0.542. The number of benzene rings is 1. The fraction of sp³-hybridized carbons (Fsp3) is 0.429. The summed E-state index contributed by atoms with van der Waals surface area (Å²) in [4.78, 5) is 18.4. The maximum atomic E-state index is 13.7. The number of amides is 1. The van der Waals surface area contributed by atoms with Crippen LogP contribution in [-0.4, -0.2) is 54.6 Å². The molecule has 0 saturated carbocycles. The Hall–Kier alpha value is -3.30. The predicted octanol–water partition coefficient (Wildman–Crippen LogP) is 3.64. The van der Waals surface area contributed by atoms with Crippen molar-refractivity contribution >= 4 is 6.09 Å². The van der Waals surface area contributed by atoms with Crippen LogP contribution in [0.2, 0.25) is 0 Å². The second-order valence-electron chi connectivity index (χ2n) is 8.69. The average molecular weight is 430 g/mol. The number of ether oxygens (including phenoxy) is 1. The summed E-state index contributed by atoms with van der Waals surface area (Å²) < 4.78 is 34.6. The lowest BCUT2D eigenvalue weighted by Gasteiger charge is -2.39. The Balaban J connectivity index is 1.61. The number of nitrogens with one attached hydrogen (secondary N) is 1. The Morgan fingerprint density at radius 3 is 2.48 bits per heavy atom. The molecular weight excluding hydrogens is 406 g/mol. The van der Waals surface area contributed by atoms with Crippen LogP contribution in [0.3, 0.4) is 0 Å². The van der Waals surface area contributed by atoms with E-state index >= 15 is 0 Å². The SMILES string of the molecule is Cc1[nH]ncc1Cc1nc(-c2cc(F)cc(F)c2)nn1C1CN(C(=O)OC(C)(C)C)C1. The van der Waals surface area contributed by atoms with Crippen LogP contribution in [0.5, 0.6) is 0 Å². The average Bonchev–Trinajstić information content (AvgIpc) is 3.19. The van der Waals surface area contributed by atoms with Gasteiger partial charge < -0.3 is 9.64 Å². The highest BCUT2D eigenvalue weighted by molar-refractivity contribution is 5.69. The molecule has 0 aliphatic carbocycles. The lowest BCUT2D eigenvalue weighted by atomic mass is 10.1. The molecule has 1 saturated heterocycles. The zero-order chi connectivity index (χ0) is 22.3. The molecule has 1 N–H and O–H groups in total. The number of aromatic amines is 1. The van der Waals surface area contributed by atoms with E-state index in [1.807, 2.05) is 27.7 Å². The molecule has 3 aromatic rings. The summed E-state index contributed by atoms with van der Waals surface area (Å²) in [6.45, 7) is 8.17. The molecule has 1 aliphatic heterocycles. The molecular formula is C21H24F2N6O2. The molecule has 8 nitrogen and oxygen atoms in total. The third-order valence-corrected chi connectivity index (χ3v) is 4.97. The minimum absolute atomic E-state index is 0.116. The summed E-state index contributed by atoms with van der Waals surface area (Å²) in [5.41, 5.74) is 1.52. The first kappa shape index (κ1) is 21.0. The lowest BCUT2D eigenvalue weighted by Crippen LogP contribution is -2.52. The Morgan fingerprint density at radius 1 is 1.23 bits per heavy atom. The zero-order valence-electron chi connectivity index (χ0n) is 17.8. The molecule has 1 fully saturated rings. The largest absolute Gasteiger partial charge is 0.444 e. The van der Waals surface area contributed by atoms with E-state index in [1.165, 1.54) is 12.1 Å². The van der Waals surface area contributed by atoms with Gasteiger partial charge in [-0.3, -0.25) is 5.10 Å².